The molecule has 0 saturated carbocycles. The summed E-state index contributed by atoms with van der Waals surface area (Å²) in [5.41, 5.74) is 0. The van der Waals surface area contributed by atoms with Crippen LogP contribution in [0.4, 0.5) is 0 Å². The smallest absolute Gasteiger partial charge is 0.323 e. The molecule has 5 nitrogen and oxygen atoms in total. The summed E-state index contributed by atoms with van der Waals surface area (Å²) in [6.45, 7) is 0.828. The molecule has 1 aromatic rings. The monoisotopic (exact) mass is 207 g/mol. The van der Waals surface area contributed by atoms with Crippen molar-refractivity contribution in [1.29, 1.82) is 0 Å². The number of hydrogen-bond acceptors (Lipinski definition) is 3. The van der Waals surface area contributed by atoms with Gasteiger partial charge >= 0.3 is 5.82 Å². The van der Waals surface area contributed by atoms with E-state index in [1.807, 2.05) is 18.1 Å². The van der Waals surface area contributed by atoms with Crippen LogP contribution >= 0.6 is 0 Å². The maximum Gasteiger partial charge on any atom is 0.323 e. The molecule has 0 radical (unpaired) electrons. The van der Waals surface area contributed by atoms with Gasteiger partial charge in [-0.15, -0.1) is 17.0 Å². The zero-order valence-electron chi connectivity index (χ0n) is 8.80. The minimum Gasteiger partial charge on any atom is -0.411 e. The van der Waals surface area contributed by atoms with E-state index in [9.17, 15) is 0 Å². The van der Waals surface area contributed by atoms with Gasteiger partial charge in [0.1, 0.15) is 12.8 Å². The van der Waals surface area contributed by atoms with Crippen LogP contribution in [-0.4, -0.2) is 21.2 Å². The van der Waals surface area contributed by atoms with E-state index in [0.29, 0.717) is 5.82 Å². The Kier molecular flexibility index (Phi) is 4.35. The first-order chi connectivity index (χ1) is 7.27. The zero-order valence-corrected chi connectivity index (χ0v) is 8.80. The Balaban J connectivity index is 2.49. The third-order valence-corrected chi connectivity index (χ3v) is 2.03. The van der Waals surface area contributed by atoms with E-state index >= 15 is 0 Å². The quantitative estimate of drug-likeness (QED) is 0.189. The summed E-state index contributed by atoms with van der Waals surface area (Å²) >= 11 is 0. The molecule has 0 saturated heterocycles. The molecular weight excluding hydrogens is 192 g/mol. The van der Waals surface area contributed by atoms with Crippen LogP contribution in [-0.2, 0) is 13.6 Å². The molecule has 0 amide bonds. The standard InChI is InChI=1S/C10H14N4O/c1-3-4-5-6-7-14-9-13(2)10(12-14)8-11-15/h1,8-9H,4-7H2,2H3/p+1/b11-8-. The fourth-order valence-corrected chi connectivity index (χ4v) is 1.26. The van der Waals surface area contributed by atoms with Gasteiger partial charge in [-0.05, 0) is 12.8 Å². The normalized spacial score (nSPS) is 10.7. The number of aromatic nitrogens is 3. The van der Waals surface area contributed by atoms with Crippen molar-refractivity contribution >= 4 is 6.21 Å². The fraction of sp³-hybridized carbons (Fsp3) is 0.500. The second-order valence-electron chi connectivity index (χ2n) is 3.25. The Morgan fingerprint density at radius 3 is 3.20 bits per heavy atom. The molecule has 1 aromatic heterocycles. The summed E-state index contributed by atoms with van der Waals surface area (Å²) < 4.78 is 3.61. The van der Waals surface area contributed by atoms with Crippen LogP contribution in [0.5, 0.6) is 0 Å². The first-order valence-electron chi connectivity index (χ1n) is 4.82. The molecule has 0 atom stereocenters. The Bertz CT molecular complexity index is 375. The average Bonchev–Trinajstić information content (AvgIpc) is 2.55. The van der Waals surface area contributed by atoms with Crippen molar-refractivity contribution in [3.63, 3.8) is 0 Å². The van der Waals surface area contributed by atoms with Gasteiger partial charge in [0.2, 0.25) is 6.33 Å². The van der Waals surface area contributed by atoms with Gasteiger partial charge < -0.3 is 5.21 Å². The molecule has 1 rings (SSSR count). The summed E-state index contributed by atoms with van der Waals surface area (Å²) in [6.07, 6.45) is 11.1. The number of aryl methyl sites for hydroxylation is 2. The molecule has 5 heteroatoms. The Morgan fingerprint density at radius 2 is 2.53 bits per heavy atom. The fourth-order valence-electron chi connectivity index (χ4n) is 1.26. The topological polar surface area (TPSA) is 54.3 Å². The molecule has 80 valence electrons. The van der Waals surface area contributed by atoms with Crippen LogP contribution in [0.1, 0.15) is 25.1 Å². The lowest BCUT2D eigenvalue weighted by atomic mass is 10.2. The van der Waals surface area contributed by atoms with Gasteiger partial charge in [-0.2, -0.15) is 0 Å². The summed E-state index contributed by atoms with van der Waals surface area (Å²) in [5.74, 6) is 3.22. The van der Waals surface area contributed by atoms with E-state index in [1.165, 1.54) is 6.21 Å². The minimum absolute atomic E-state index is 0.620. The van der Waals surface area contributed by atoms with E-state index < -0.39 is 0 Å². The highest BCUT2D eigenvalue weighted by atomic mass is 16.4. The highest BCUT2D eigenvalue weighted by Gasteiger charge is 2.10. The number of nitrogens with zero attached hydrogens (tertiary/aromatic N) is 4. The van der Waals surface area contributed by atoms with Crippen LogP contribution in [0.25, 0.3) is 0 Å². The number of rotatable bonds is 5. The van der Waals surface area contributed by atoms with Gasteiger partial charge in [0.05, 0.1) is 7.05 Å². The lowest BCUT2D eigenvalue weighted by Gasteiger charge is -1.90. The SMILES string of the molecule is C#CCCCCn1c[n+](C)c(/C=N\O)n1. The van der Waals surface area contributed by atoms with E-state index in [0.717, 1.165) is 25.8 Å². The van der Waals surface area contributed by atoms with Crippen LogP contribution in [0, 0.1) is 12.3 Å². The Hall–Kier alpha value is -1.83. The molecule has 0 aliphatic carbocycles. The first kappa shape index (κ1) is 11.2. The van der Waals surface area contributed by atoms with E-state index in [-0.39, 0.29) is 0 Å². The van der Waals surface area contributed by atoms with Crippen LogP contribution < -0.4 is 4.57 Å². The predicted molar refractivity (Wildman–Crippen MR) is 55.5 cm³/mol. The van der Waals surface area contributed by atoms with Gasteiger partial charge in [-0.25, -0.2) is 4.57 Å². The second kappa shape index (κ2) is 5.81. The summed E-state index contributed by atoms with van der Waals surface area (Å²) in [7, 11) is 1.85. The number of unbranched alkanes of at least 4 members (excludes halogenated alkanes) is 2. The van der Waals surface area contributed by atoms with Gasteiger partial charge in [-0.1, -0.05) is 5.16 Å². The molecule has 15 heavy (non-hydrogen) atoms. The van der Waals surface area contributed by atoms with Crippen LogP contribution in [0.2, 0.25) is 0 Å². The molecule has 1 N–H and O–H groups in total. The molecule has 0 aromatic carbocycles. The molecule has 0 aliphatic heterocycles. The van der Waals surface area contributed by atoms with Crippen molar-refractivity contribution in [2.24, 2.45) is 12.2 Å². The van der Waals surface area contributed by atoms with E-state index in [4.69, 9.17) is 11.6 Å². The predicted octanol–water partition coefficient (Wildman–Crippen LogP) is 0.319. The van der Waals surface area contributed by atoms with Gasteiger partial charge in [0.15, 0.2) is 0 Å². The van der Waals surface area contributed by atoms with Crippen molar-refractivity contribution in [2.45, 2.75) is 25.8 Å². The average molecular weight is 207 g/mol. The van der Waals surface area contributed by atoms with Crippen molar-refractivity contribution in [1.82, 2.24) is 9.78 Å². The first-order valence-corrected chi connectivity index (χ1v) is 4.82. The molecule has 1 heterocycles. The highest BCUT2D eigenvalue weighted by Crippen LogP contribution is 1.96. The van der Waals surface area contributed by atoms with Gasteiger partial charge in [0.25, 0.3) is 0 Å². The number of oxime groups is 1. The second-order valence-corrected chi connectivity index (χ2v) is 3.25. The van der Waals surface area contributed by atoms with Crippen molar-refractivity contribution < 1.29 is 9.77 Å². The van der Waals surface area contributed by atoms with Crippen LogP contribution in [0.15, 0.2) is 11.5 Å². The largest absolute Gasteiger partial charge is 0.411 e. The maximum absolute atomic E-state index is 8.38. The number of terminal acetylenes is 1. The molecular formula is C10H15N4O+. The van der Waals surface area contributed by atoms with Crippen molar-refractivity contribution in [3.05, 3.63) is 12.2 Å². The van der Waals surface area contributed by atoms with E-state index in [1.54, 1.807) is 4.57 Å². The van der Waals surface area contributed by atoms with Crippen LogP contribution in [0.3, 0.4) is 0 Å². The van der Waals surface area contributed by atoms with Crippen molar-refractivity contribution in [2.75, 3.05) is 0 Å². The lowest BCUT2D eigenvalue weighted by Crippen LogP contribution is -2.30. The van der Waals surface area contributed by atoms with Crippen molar-refractivity contribution in [3.8, 4) is 12.3 Å². The molecule has 0 unspecified atom stereocenters. The van der Waals surface area contributed by atoms with Gasteiger partial charge in [0, 0.05) is 11.5 Å². The van der Waals surface area contributed by atoms with E-state index in [2.05, 4.69) is 16.2 Å². The summed E-state index contributed by atoms with van der Waals surface area (Å²) in [5, 5.41) is 15.5. The Morgan fingerprint density at radius 1 is 1.73 bits per heavy atom. The number of hydrogen-bond donors (Lipinski definition) is 1. The molecule has 0 bridgehead atoms. The lowest BCUT2D eigenvalue weighted by molar-refractivity contribution is -0.673. The highest BCUT2D eigenvalue weighted by molar-refractivity contribution is 5.71. The molecule has 0 fully saturated rings. The molecule has 0 aliphatic rings. The minimum atomic E-state index is 0.620. The third kappa shape index (κ3) is 3.43. The van der Waals surface area contributed by atoms with Gasteiger partial charge in [-0.3, -0.25) is 0 Å². The molecule has 0 spiro atoms. The summed E-state index contributed by atoms with van der Waals surface area (Å²) in [6, 6.07) is 0. The summed E-state index contributed by atoms with van der Waals surface area (Å²) in [4.78, 5) is 0. The Labute approximate surface area is 89.0 Å². The maximum atomic E-state index is 8.38. The third-order valence-electron chi connectivity index (χ3n) is 2.03. The zero-order chi connectivity index (χ0) is 11.1.